The van der Waals surface area contributed by atoms with Crippen molar-refractivity contribution in [1.29, 1.82) is 0 Å². The minimum absolute atomic E-state index is 0.00605. The van der Waals surface area contributed by atoms with Crippen molar-refractivity contribution in [3.63, 3.8) is 0 Å². The Morgan fingerprint density at radius 3 is 2.62 bits per heavy atom. The van der Waals surface area contributed by atoms with Crippen molar-refractivity contribution in [2.24, 2.45) is 0 Å². The van der Waals surface area contributed by atoms with Crippen LogP contribution in [0.5, 0.6) is 0 Å². The highest BCUT2D eigenvalue weighted by atomic mass is 16.2. The van der Waals surface area contributed by atoms with Gasteiger partial charge in [0.05, 0.1) is 22.4 Å². The van der Waals surface area contributed by atoms with Gasteiger partial charge in [-0.05, 0) is 44.9 Å². The van der Waals surface area contributed by atoms with Gasteiger partial charge in [-0.25, -0.2) is 9.97 Å². The highest BCUT2D eigenvalue weighted by Crippen LogP contribution is 2.30. The van der Waals surface area contributed by atoms with Gasteiger partial charge in [0.15, 0.2) is 0 Å². The molecule has 24 heavy (non-hydrogen) atoms. The first-order chi connectivity index (χ1) is 11.5. The van der Waals surface area contributed by atoms with E-state index in [9.17, 15) is 9.59 Å². The summed E-state index contributed by atoms with van der Waals surface area (Å²) in [4.78, 5) is 35.8. The number of nitrogens with one attached hydrogen (secondary N) is 1. The van der Waals surface area contributed by atoms with Crippen LogP contribution in [-0.2, 0) is 4.79 Å². The van der Waals surface area contributed by atoms with E-state index in [0.29, 0.717) is 18.5 Å². The van der Waals surface area contributed by atoms with Crippen LogP contribution in [0.4, 0.5) is 0 Å². The molecule has 0 saturated carbocycles. The van der Waals surface area contributed by atoms with E-state index in [1.54, 1.807) is 0 Å². The summed E-state index contributed by atoms with van der Waals surface area (Å²) in [5, 5.41) is 2.90. The summed E-state index contributed by atoms with van der Waals surface area (Å²) < 4.78 is 0. The maximum Gasteiger partial charge on any atom is 0.254 e. The Kier molecular flexibility index (Phi) is 3.48. The molecule has 4 rings (SSSR count). The zero-order chi connectivity index (χ0) is 16.8. The second kappa shape index (κ2) is 5.54. The van der Waals surface area contributed by atoms with Gasteiger partial charge in [0.2, 0.25) is 5.91 Å². The van der Waals surface area contributed by atoms with E-state index in [2.05, 4.69) is 15.3 Å². The summed E-state index contributed by atoms with van der Waals surface area (Å²) >= 11 is 0. The van der Waals surface area contributed by atoms with E-state index in [1.807, 2.05) is 36.9 Å². The lowest BCUT2D eigenvalue weighted by Gasteiger charge is -2.27. The van der Waals surface area contributed by atoms with Crippen LogP contribution < -0.4 is 5.32 Å². The molecule has 6 heteroatoms. The van der Waals surface area contributed by atoms with Crippen LogP contribution in [0.15, 0.2) is 18.2 Å². The van der Waals surface area contributed by atoms with Crippen molar-refractivity contribution >= 4 is 22.8 Å². The topological polar surface area (TPSA) is 75.2 Å². The zero-order valence-corrected chi connectivity index (χ0v) is 13.9. The first-order valence-electron chi connectivity index (χ1n) is 8.37. The molecule has 2 aliphatic heterocycles. The third kappa shape index (κ3) is 2.42. The number of fused-ring (bicyclic) bond motifs is 3. The number of benzene rings is 1. The number of carbonyl (C=O) groups is 2. The van der Waals surface area contributed by atoms with Crippen LogP contribution in [0.25, 0.3) is 11.0 Å². The Hall–Kier alpha value is -2.50. The van der Waals surface area contributed by atoms with E-state index in [4.69, 9.17) is 0 Å². The molecule has 3 heterocycles. The molecule has 0 spiro atoms. The Balaban J connectivity index is 1.70. The van der Waals surface area contributed by atoms with Crippen LogP contribution in [-0.4, -0.2) is 45.3 Å². The van der Waals surface area contributed by atoms with Crippen molar-refractivity contribution in [2.75, 3.05) is 6.54 Å². The highest BCUT2D eigenvalue weighted by Gasteiger charge is 2.40. The van der Waals surface area contributed by atoms with Crippen LogP contribution in [0.1, 0.15) is 41.0 Å². The van der Waals surface area contributed by atoms with Gasteiger partial charge in [-0.3, -0.25) is 9.59 Å². The lowest BCUT2D eigenvalue weighted by atomic mass is 10.1. The molecular weight excluding hydrogens is 304 g/mol. The van der Waals surface area contributed by atoms with Crippen LogP contribution >= 0.6 is 0 Å². The monoisotopic (exact) mass is 324 g/mol. The SMILES string of the molecule is Cc1nc2ccc(C(=O)N3[C@@H]4CC[C@H]3CNC(=O)C4)cc2nc1C. The molecule has 2 bridgehead atoms. The lowest BCUT2D eigenvalue weighted by molar-refractivity contribution is -0.121. The molecule has 6 nitrogen and oxygen atoms in total. The number of hydrogen-bond acceptors (Lipinski definition) is 4. The second-order valence-electron chi connectivity index (χ2n) is 6.70. The Bertz CT molecular complexity index is 848. The van der Waals surface area contributed by atoms with E-state index in [1.165, 1.54) is 0 Å². The van der Waals surface area contributed by atoms with Gasteiger partial charge >= 0.3 is 0 Å². The Labute approximate surface area is 140 Å². The Morgan fingerprint density at radius 1 is 1.12 bits per heavy atom. The van der Waals surface area contributed by atoms with Crippen molar-refractivity contribution < 1.29 is 9.59 Å². The lowest BCUT2D eigenvalue weighted by Crippen LogP contribution is -2.42. The molecule has 0 unspecified atom stereocenters. The molecule has 2 amide bonds. The molecule has 124 valence electrons. The molecule has 1 N–H and O–H groups in total. The highest BCUT2D eigenvalue weighted by molar-refractivity contribution is 5.98. The summed E-state index contributed by atoms with van der Waals surface area (Å²) in [7, 11) is 0. The van der Waals surface area contributed by atoms with Crippen LogP contribution in [0.3, 0.4) is 0 Å². The fraction of sp³-hybridized carbons (Fsp3) is 0.444. The molecule has 0 aliphatic carbocycles. The maximum atomic E-state index is 13.1. The number of aryl methyl sites for hydroxylation is 2. The van der Waals surface area contributed by atoms with Crippen molar-refractivity contribution in [2.45, 2.75) is 45.2 Å². The first-order valence-corrected chi connectivity index (χ1v) is 8.37. The van der Waals surface area contributed by atoms with Gasteiger partial charge in [0.25, 0.3) is 5.91 Å². The van der Waals surface area contributed by atoms with Gasteiger partial charge in [-0.1, -0.05) is 0 Å². The van der Waals surface area contributed by atoms with Gasteiger partial charge in [-0.15, -0.1) is 0 Å². The summed E-state index contributed by atoms with van der Waals surface area (Å²) in [6, 6.07) is 5.58. The van der Waals surface area contributed by atoms with E-state index in [0.717, 1.165) is 35.3 Å². The quantitative estimate of drug-likeness (QED) is 0.867. The molecule has 0 radical (unpaired) electrons. The van der Waals surface area contributed by atoms with E-state index >= 15 is 0 Å². The number of hydrogen-bond donors (Lipinski definition) is 1. The smallest absolute Gasteiger partial charge is 0.254 e. The standard InChI is InChI=1S/C18H20N4O2/c1-10-11(2)21-16-7-12(3-6-15(16)20-10)18(24)22-13-4-5-14(22)9-19-17(23)8-13/h3,6-7,13-14H,4-5,8-9H2,1-2H3,(H,19,23)/t13-,14+/m1/s1. The fourth-order valence-corrected chi connectivity index (χ4v) is 3.72. The number of rotatable bonds is 1. The van der Waals surface area contributed by atoms with E-state index < -0.39 is 0 Å². The van der Waals surface area contributed by atoms with Crippen LogP contribution in [0, 0.1) is 13.8 Å². The summed E-state index contributed by atoms with van der Waals surface area (Å²) in [6.45, 7) is 4.40. The molecular formula is C18H20N4O2. The number of amides is 2. The number of aromatic nitrogens is 2. The molecule has 2 saturated heterocycles. The normalized spacial score (nSPS) is 23.2. The Morgan fingerprint density at radius 2 is 1.83 bits per heavy atom. The van der Waals surface area contributed by atoms with Gasteiger partial charge < -0.3 is 10.2 Å². The molecule has 1 aromatic heterocycles. The first kappa shape index (κ1) is 15.1. The second-order valence-corrected chi connectivity index (χ2v) is 6.70. The minimum Gasteiger partial charge on any atom is -0.354 e. The maximum absolute atomic E-state index is 13.1. The fourth-order valence-electron chi connectivity index (χ4n) is 3.72. The molecule has 2 aromatic rings. The van der Waals surface area contributed by atoms with Crippen molar-refractivity contribution in [3.05, 3.63) is 35.2 Å². The molecule has 2 atom stereocenters. The van der Waals surface area contributed by atoms with E-state index in [-0.39, 0.29) is 23.9 Å². The number of carbonyl (C=O) groups excluding carboxylic acids is 2. The minimum atomic E-state index is -0.0130. The number of nitrogens with zero attached hydrogens (tertiary/aromatic N) is 3. The predicted octanol–water partition coefficient (Wildman–Crippen LogP) is 1.74. The van der Waals surface area contributed by atoms with Crippen LogP contribution in [0.2, 0.25) is 0 Å². The van der Waals surface area contributed by atoms with Crippen molar-refractivity contribution in [3.8, 4) is 0 Å². The molecule has 1 aromatic carbocycles. The average Bonchev–Trinajstić information content (AvgIpc) is 2.86. The molecule has 2 aliphatic rings. The van der Waals surface area contributed by atoms with Gasteiger partial charge in [-0.2, -0.15) is 0 Å². The van der Waals surface area contributed by atoms with Gasteiger partial charge in [0, 0.05) is 30.6 Å². The third-order valence-corrected chi connectivity index (χ3v) is 5.13. The van der Waals surface area contributed by atoms with Gasteiger partial charge in [0.1, 0.15) is 0 Å². The average molecular weight is 324 g/mol. The summed E-state index contributed by atoms with van der Waals surface area (Å²) in [5.74, 6) is 0.0245. The molecule has 2 fully saturated rings. The van der Waals surface area contributed by atoms with Crippen molar-refractivity contribution in [1.82, 2.24) is 20.2 Å². The predicted molar refractivity (Wildman–Crippen MR) is 89.6 cm³/mol. The zero-order valence-electron chi connectivity index (χ0n) is 13.9. The summed E-state index contributed by atoms with van der Waals surface area (Å²) in [6.07, 6.45) is 2.24. The summed E-state index contributed by atoms with van der Waals surface area (Å²) in [5.41, 5.74) is 3.92. The largest absolute Gasteiger partial charge is 0.354 e. The third-order valence-electron chi connectivity index (χ3n) is 5.13.